The second-order valence-corrected chi connectivity index (χ2v) is 0. The molecule has 0 rings (SSSR count). The predicted molar refractivity (Wildman–Crippen MR) is 0 cm³/mol. The first-order chi connectivity index (χ1) is 0. The summed E-state index contributed by atoms with van der Waals surface area (Å²) in [5, 5.41) is 0. The molecule has 0 nitrogen and oxygen atoms in total. The third kappa shape index (κ3) is 8.82. The predicted octanol–water partition coefficient (Wildman–Crippen LogP) is -0.0100. The normalized spacial score (nSPS) is 0. The van der Waals surface area contributed by atoms with Crippen LogP contribution in [0.1, 0.15) is 0 Å². The van der Waals surface area contributed by atoms with Crippen LogP contribution in [-0.4, -0.2) is 0 Å². The van der Waals surface area contributed by atoms with Gasteiger partial charge in [0.25, 0.3) is 0 Å². The Bertz CT molecular complexity index is 8.00. The molecule has 0 spiro atoms. The molecule has 0 N–H and O–H groups in total. The fraction of sp³-hybridized carbons (Fsp3) is 0. The van der Waals surface area contributed by atoms with Gasteiger partial charge in [-0.25, -0.2) is 0 Å². The van der Waals surface area contributed by atoms with Gasteiger partial charge in [0.1, 0.15) is 0 Å². The summed E-state index contributed by atoms with van der Waals surface area (Å²) >= 11 is 0. The van der Waals surface area contributed by atoms with Crippen molar-refractivity contribution in [3.05, 3.63) is 0 Å². The van der Waals surface area contributed by atoms with Gasteiger partial charge in [0.2, 0.25) is 0 Å². The summed E-state index contributed by atoms with van der Waals surface area (Å²) in [6, 6.07) is 0. The maximum Gasteiger partial charge on any atom is 0 e. The van der Waals surface area contributed by atoms with Gasteiger partial charge in [-0.1, -0.05) is 0 Å². The molecule has 0 amide bonds. The van der Waals surface area contributed by atoms with Crippen LogP contribution >= 0.6 is 0 Å². The molecule has 0 aromatic heterocycles. The number of rotatable bonds is 0. The fourth-order valence-electron chi connectivity index (χ4n) is 0. The average Bonchev–Trinajstić information content (AvgIpc) is 0. The molecule has 0 bridgehead atoms. The largest absolute Gasteiger partial charge is 0 e. The first-order valence-electron chi connectivity index (χ1n) is 0. The van der Waals surface area contributed by atoms with E-state index in [9.17, 15) is 0 Å². The second-order valence-electron chi connectivity index (χ2n) is 0. The zero-order valence-electron chi connectivity index (χ0n) is 1.76. The van der Waals surface area contributed by atoms with Gasteiger partial charge >= 0.3 is 0 Å². The van der Waals surface area contributed by atoms with Crippen LogP contribution < -0.4 is 0 Å². The molecule has 1 radical (unpaired) electrons. The third-order valence-corrected chi connectivity index (χ3v) is 0. The fourth-order valence-corrected chi connectivity index (χ4v) is 0. The van der Waals surface area contributed by atoms with E-state index < -0.39 is 0 Å². The number of hydrogen-bond donors (Lipinski definition) is 0. The monoisotopic (exact) mass is 291 g/mol. The van der Waals surface area contributed by atoms with Gasteiger partial charge in [-0.2, -0.15) is 0 Å². The van der Waals surface area contributed by atoms with E-state index >= 15 is 0 Å². The third-order valence-electron chi connectivity index (χ3n) is 0. The van der Waals surface area contributed by atoms with Crippen LogP contribution in [0.25, 0.3) is 0 Å². The van der Waals surface area contributed by atoms with Crippen LogP contribution in [0.15, 0.2) is 0 Å². The van der Waals surface area contributed by atoms with Crippen LogP contribution in [0.5, 0.6) is 0 Å². The summed E-state index contributed by atoms with van der Waals surface area (Å²) in [6.07, 6.45) is 0. The van der Waals surface area contributed by atoms with Crippen LogP contribution in [0.4, 0.5) is 0 Å². The van der Waals surface area contributed by atoms with Crippen LogP contribution in [0.2, 0.25) is 0 Å². The van der Waals surface area contributed by atoms with Crippen molar-refractivity contribution >= 4 is 0 Å². The van der Waals surface area contributed by atoms with Crippen molar-refractivity contribution in [2.75, 3.05) is 0 Å². The average molecular weight is 289 g/mol. The maximum atomic E-state index is 0. The van der Waals surface area contributed by atoms with Gasteiger partial charge < -0.3 is 0 Å². The molecule has 0 fully saturated rings. The minimum Gasteiger partial charge on any atom is 0 e. The molecule has 0 heterocycles. The maximum absolute atomic E-state index is 0. The Balaban J connectivity index is 0. The minimum absolute atomic E-state index is 0. The van der Waals surface area contributed by atoms with Gasteiger partial charge in [-0.05, 0) is 0 Å². The zero-order chi connectivity index (χ0) is 0. The first-order valence-corrected chi connectivity index (χ1v) is 0. The van der Waals surface area contributed by atoms with E-state index in [1.165, 1.54) is 0 Å². The Labute approximate surface area is 81.3 Å². The van der Waals surface area contributed by atoms with Gasteiger partial charge in [-0.3, -0.25) is 0 Å². The van der Waals surface area contributed by atoms with E-state index in [0.29, 0.717) is 0 Å². The standard InChI is InChI=1S/Cr.Mo.Nb.Ti. The number of hydrogen-bond acceptors (Lipinski definition) is 0. The van der Waals surface area contributed by atoms with E-state index in [-0.39, 0.29) is 82.5 Å². The van der Waals surface area contributed by atoms with Crippen LogP contribution in [0.3, 0.4) is 0 Å². The van der Waals surface area contributed by atoms with Crippen molar-refractivity contribution in [3.63, 3.8) is 0 Å². The summed E-state index contributed by atoms with van der Waals surface area (Å²) in [4.78, 5) is 0. The first kappa shape index (κ1) is 30.0. The molecule has 21 valence electrons. The molecular formula is CrMoNbTi. The second kappa shape index (κ2) is 17.3. The molecular weight excluding hydrogens is 289 g/mol. The van der Waals surface area contributed by atoms with Crippen molar-refractivity contribution in [2.24, 2.45) is 0 Å². The van der Waals surface area contributed by atoms with Gasteiger partial charge in [-0.15, -0.1) is 0 Å². The Kier molecular flexibility index (Phi) is 130. The van der Waals surface area contributed by atoms with E-state index in [4.69, 9.17) is 0 Å². The molecule has 0 unspecified atom stereocenters. The molecule has 0 saturated heterocycles. The van der Waals surface area contributed by atoms with Crippen molar-refractivity contribution in [2.45, 2.75) is 0 Å². The minimum atomic E-state index is 0. The van der Waals surface area contributed by atoms with Crippen molar-refractivity contribution in [1.82, 2.24) is 0 Å². The summed E-state index contributed by atoms with van der Waals surface area (Å²) in [5.41, 5.74) is 0. The van der Waals surface area contributed by atoms with Gasteiger partial charge in [0.05, 0.1) is 0 Å². The van der Waals surface area contributed by atoms with E-state index in [2.05, 4.69) is 0 Å². The Morgan fingerprint density at radius 2 is 1.00 bits per heavy atom. The molecule has 0 aliphatic rings. The summed E-state index contributed by atoms with van der Waals surface area (Å²) in [5.74, 6) is 0. The van der Waals surface area contributed by atoms with E-state index in [1.807, 2.05) is 0 Å². The molecule has 4 heteroatoms. The molecule has 4 heavy (non-hydrogen) atoms. The molecule has 0 atom stereocenters. The van der Waals surface area contributed by atoms with Gasteiger partial charge in [0.15, 0.2) is 0 Å². The van der Waals surface area contributed by atoms with Crippen molar-refractivity contribution in [1.29, 1.82) is 0 Å². The SMILES string of the molecule is [Cr].[Mo].[Nb].[Ti]. The molecule has 0 aromatic rings. The van der Waals surface area contributed by atoms with Gasteiger partial charge in [0, 0.05) is 82.5 Å². The zero-order valence-corrected chi connectivity index (χ0v) is 8.81. The Morgan fingerprint density at radius 3 is 1.00 bits per heavy atom. The summed E-state index contributed by atoms with van der Waals surface area (Å²) < 4.78 is 0. The van der Waals surface area contributed by atoms with Crippen LogP contribution in [-0.2, 0) is 82.5 Å². The van der Waals surface area contributed by atoms with Crippen molar-refractivity contribution < 1.29 is 82.5 Å². The topological polar surface area (TPSA) is 0 Å². The summed E-state index contributed by atoms with van der Waals surface area (Å²) in [6.45, 7) is 0. The van der Waals surface area contributed by atoms with E-state index in [0.717, 1.165) is 0 Å². The molecule has 0 aromatic carbocycles. The Morgan fingerprint density at radius 1 is 1.00 bits per heavy atom. The quantitative estimate of drug-likeness (QED) is 0.550. The van der Waals surface area contributed by atoms with E-state index in [1.54, 1.807) is 0 Å². The molecule has 0 aliphatic carbocycles. The molecule has 0 aliphatic heterocycles. The summed E-state index contributed by atoms with van der Waals surface area (Å²) in [7, 11) is 0. The Hall–Kier alpha value is 2.68. The smallest absolute Gasteiger partial charge is 0 e. The van der Waals surface area contributed by atoms with Crippen LogP contribution in [0, 0.1) is 0 Å². The molecule has 0 saturated carbocycles. The van der Waals surface area contributed by atoms with Crippen molar-refractivity contribution in [3.8, 4) is 0 Å².